The summed E-state index contributed by atoms with van der Waals surface area (Å²) in [6, 6.07) is 5.51. The lowest BCUT2D eigenvalue weighted by atomic mass is 10.1. The highest BCUT2D eigenvalue weighted by Crippen LogP contribution is 2.29. The molecule has 1 heterocycles. The highest BCUT2D eigenvalue weighted by molar-refractivity contribution is 6.30. The van der Waals surface area contributed by atoms with Crippen molar-refractivity contribution in [2.45, 2.75) is 13.8 Å². The number of amides is 1. The van der Waals surface area contributed by atoms with E-state index in [9.17, 15) is 4.79 Å². The number of rotatable bonds is 7. The molecule has 0 saturated heterocycles. The van der Waals surface area contributed by atoms with Gasteiger partial charge in [-0.3, -0.25) is 4.79 Å². The van der Waals surface area contributed by atoms with Crippen molar-refractivity contribution in [1.29, 1.82) is 0 Å². The van der Waals surface area contributed by atoms with Gasteiger partial charge in [0.05, 0.1) is 0 Å². The predicted molar refractivity (Wildman–Crippen MR) is 94.9 cm³/mol. The highest BCUT2D eigenvalue weighted by atomic mass is 35.5. The van der Waals surface area contributed by atoms with Gasteiger partial charge in [0.1, 0.15) is 12.4 Å². The highest BCUT2D eigenvalue weighted by Gasteiger charge is 2.10. The topological polar surface area (TPSA) is 41.6 Å². The van der Waals surface area contributed by atoms with Crippen LogP contribution in [0.25, 0.3) is 6.08 Å². The van der Waals surface area contributed by atoms with Gasteiger partial charge >= 0.3 is 0 Å². The molecule has 0 spiro atoms. The van der Waals surface area contributed by atoms with Crippen LogP contribution in [-0.2, 0) is 4.79 Å². The molecule has 1 amide bonds. The quantitative estimate of drug-likeness (QED) is 0.779. The van der Waals surface area contributed by atoms with Gasteiger partial charge in [-0.15, -0.1) is 0 Å². The monoisotopic (exact) mass is 334 g/mol. The molecule has 0 aliphatic carbocycles. The molecule has 0 fully saturated rings. The van der Waals surface area contributed by atoms with Gasteiger partial charge in [-0.1, -0.05) is 31.5 Å². The number of hydrogen-bond donors (Lipinski definition) is 1. The maximum atomic E-state index is 11.8. The number of nitrogens with zero attached hydrogens (tertiary/aromatic N) is 1. The Balaban J connectivity index is 1.87. The van der Waals surface area contributed by atoms with E-state index in [2.05, 4.69) is 24.1 Å². The summed E-state index contributed by atoms with van der Waals surface area (Å²) in [5.74, 6) is 0.727. The van der Waals surface area contributed by atoms with Crippen LogP contribution in [0.5, 0.6) is 5.75 Å². The number of hydrogen-bond acceptors (Lipinski definition) is 3. The molecule has 0 unspecified atom stereocenters. The molecule has 0 radical (unpaired) electrons. The van der Waals surface area contributed by atoms with Gasteiger partial charge in [-0.25, -0.2) is 0 Å². The second kappa shape index (κ2) is 8.75. The van der Waals surface area contributed by atoms with Crippen molar-refractivity contribution in [1.82, 2.24) is 10.2 Å². The Labute approximate surface area is 142 Å². The van der Waals surface area contributed by atoms with Crippen molar-refractivity contribution in [2.24, 2.45) is 0 Å². The molecular formula is C18H23ClN2O2. The molecule has 5 heteroatoms. The minimum absolute atomic E-state index is 0.0880. The van der Waals surface area contributed by atoms with E-state index < -0.39 is 0 Å². The fourth-order valence-electron chi connectivity index (χ4n) is 2.38. The van der Waals surface area contributed by atoms with Gasteiger partial charge in [-0.2, -0.15) is 0 Å². The molecule has 1 aliphatic heterocycles. The molecule has 0 atom stereocenters. The molecule has 4 nitrogen and oxygen atoms in total. The fraction of sp³-hybridized carbons (Fsp3) is 0.389. The van der Waals surface area contributed by atoms with Crippen molar-refractivity contribution in [3.63, 3.8) is 0 Å². The van der Waals surface area contributed by atoms with Crippen LogP contribution in [-0.4, -0.2) is 43.6 Å². The van der Waals surface area contributed by atoms with Gasteiger partial charge in [0.2, 0.25) is 5.91 Å². The Morgan fingerprint density at radius 2 is 2.17 bits per heavy atom. The number of likely N-dealkylation sites (N-methyl/N-ethyl adjacent to an activating group) is 1. The van der Waals surface area contributed by atoms with Crippen molar-refractivity contribution < 1.29 is 9.53 Å². The van der Waals surface area contributed by atoms with Crippen LogP contribution in [0.4, 0.5) is 0 Å². The van der Waals surface area contributed by atoms with Crippen LogP contribution in [0.1, 0.15) is 19.4 Å². The van der Waals surface area contributed by atoms with Crippen LogP contribution in [0.3, 0.4) is 0 Å². The summed E-state index contributed by atoms with van der Waals surface area (Å²) in [7, 11) is 0. The Morgan fingerprint density at radius 1 is 1.39 bits per heavy atom. The number of nitrogens with one attached hydrogen (secondary N) is 1. The molecule has 124 valence electrons. The third-order valence-electron chi connectivity index (χ3n) is 3.78. The third-order valence-corrected chi connectivity index (χ3v) is 4.01. The number of benzene rings is 1. The summed E-state index contributed by atoms with van der Waals surface area (Å²) in [5, 5.41) is 3.56. The van der Waals surface area contributed by atoms with Crippen molar-refractivity contribution in [3.8, 4) is 5.75 Å². The normalized spacial score (nSPS) is 13.7. The van der Waals surface area contributed by atoms with Gasteiger partial charge in [-0.05, 0) is 42.9 Å². The van der Waals surface area contributed by atoms with E-state index in [4.69, 9.17) is 16.3 Å². The summed E-state index contributed by atoms with van der Waals surface area (Å²) >= 11 is 5.99. The minimum atomic E-state index is -0.0880. The summed E-state index contributed by atoms with van der Waals surface area (Å²) in [6.45, 7) is 8.19. The largest absolute Gasteiger partial charge is 0.488 e. The van der Waals surface area contributed by atoms with Gasteiger partial charge in [0.15, 0.2) is 0 Å². The van der Waals surface area contributed by atoms with Gasteiger partial charge in [0.25, 0.3) is 0 Å². The summed E-state index contributed by atoms with van der Waals surface area (Å²) in [5.41, 5.74) is 1.88. The first-order chi connectivity index (χ1) is 11.1. The number of carbonyl (C=O) groups is 1. The SMILES string of the molecule is CCN(CC)CCNC(=O)/C=C/C1=Cc2cc(Cl)ccc2OC1. The molecule has 1 N–H and O–H groups in total. The maximum absolute atomic E-state index is 11.8. The first kappa shape index (κ1) is 17.6. The summed E-state index contributed by atoms with van der Waals surface area (Å²) < 4.78 is 5.65. The zero-order valence-corrected chi connectivity index (χ0v) is 14.4. The Bertz CT molecular complexity index is 607. The van der Waals surface area contributed by atoms with Crippen molar-refractivity contribution in [2.75, 3.05) is 32.8 Å². The van der Waals surface area contributed by atoms with E-state index in [0.717, 1.165) is 36.5 Å². The minimum Gasteiger partial charge on any atom is -0.488 e. The van der Waals surface area contributed by atoms with E-state index in [1.54, 1.807) is 18.2 Å². The van der Waals surface area contributed by atoms with Crippen LogP contribution in [0.15, 0.2) is 35.9 Å². The second-order valence-corrected chi connectivity index (χ2v) is 5.78. The fourth-order valence-corrected chi connectivity index (χ4v) is 2.56. The maximum Gasteiger partial charge on any atom is 0.244 e. The molecule has 0 bridgehead atoms. The lowest BCUT2D eigenvalue weighted by Crippen LogP contribution is -2.34. The number of ether oxygens (including phenoxy) is 1. The van der Waals surface area contributed by atoms with Gasteiger partial charge < -0.3 is 15.0 Å². The van der Waals surface area contributed by atoms with E-state index in [1.165, 1.54) is 0 Å². The average Bonchev–Trinajstić information content (AvgIpc) is 2.56. The first-order valence-electron chi connectivity index (χ1n) is 7.93. The van der Waals surface area contributed by atoms with Crippen LogP contribution in [0.2, 0.25) is 5.02 Å². The third kappa shape index (κ3) is 5.41. The lowest BCUT2D eigenvalue weighted by molar-refractivity contribution is -0.116. The van der Waals surface area contributed by atoms with Crippen LogP contribution < -0.4 is 10.1 Å². The van der Waals surface area contributed by atoms with E-state index in [1.807, 2.05) is 18.2 Å². The van der Waals surface area contributed by atoms with Crippen molar-refractivity contribution in [3.05, 3.63) is 46.5 Å². The molecular weight excluding hydrogens is 312 g/mol. The Kier molecular flexibility index (Phi) is 6.68. The standard InChI is InChI=1S/C18H23ClN2O2/c1-3-21(4-2)10-9-20-18(22)8-5-14-11-15-12-16(19)6-7-17(15)23-13-14/h5-8,11-12H,3-4,9-10,13H2,1-2H3,(H,20,22)/b8-5+. The van der Waals surface area contributed by atoms with Gasteiger partial charge in [0, 0.05) is 29.8 Å². The molecule has 1 aromatic rings. The predicted octanol–water partition coefficient (Wildman–Crippen LogP) is 3.13. The zero-order valence-electron chi connectivity index (χ0n) is 13.6. The molecule has 0 saturated carbocycles. The Morgan fingerprint density at radius 3 is 2.91 bits per heavy atom. The van der Waals surface area contributed by atoms with Crippen LogP contribution in [0, 0.1) is 0 Å². The smallest absolute Gasteiger partial charge is 0.244 e. The number of fused-ring (bicyclic) bond motifs is 1. The summed E-state index contributed by atoms with van der Waals surface area (Å²) in [4.78, 5) is 14.1. The number of carbonyl (C=O) groups excluding carboxylic acids is 1. The molecule has 1 aliphatic rings. The van der Waals surface area contributed by atoms with Crippen molar-refractivity contribution >= 4 is 23.6 Å². The molecule has 1 aromatic carbocycles. The van der Waals surface area contributed by atoms with E-state index in [-0.39, 0.29) is 5.91 Å². The lowest BCUT2D eigenvalue weighted by Gasteiger charge is -2.17. The van der Waals surface area contributed by atoms with E-state index in [0.29, 0.717) is 18.2 Å². The molecule has 23 heavy (non-hydrogen) atoms. The molecule has 0 aromatic heterocycles. The molecule has 2 rings (SSSR count). The number of halogens is 1. The Hall–Kier alpha value is -1.78. The first-order valence-corrected chi connectivity index (χ1v) is 8.31. The second-order valence-electron chi connectivity index (χ2n) is 5.34. The average molecular weight is 335 g/mol. The van der Waals surface area contributed by atoms with Crippen LogP contribution >= 0.6 is 11.6 Å². The van der Waals surface area contributed by atoms with E-state index >= 15 is 0 Å². The zero-order chi connectivity index (χ0) is 16.7. The summed E-state index contributed by atoms with van der Waals surface area (Å²) in [6.07, 6.45) is 5.33.